The maximum absolute atomic E-state index is 12.8. The number of benzene rings is 3. The number of fused-ring (bicyclic) bond motifs is 1. The largest absolute Gasteiger partial charge is 0.496 e. The van der Waals surface area contributed by atoms with Gasteiger partial charge in [0.2, 0.25) is 10.0 Å². The van der Waals surface area contributed by atoms with E-state index in [-0.39, 0.29) is 16.5 Å². The Labute approximate surface area is 201 Å². The summed E-state index contributed by atoms with van der Waals surface area (Å²) in [5, 5.41) is 12.7. The van der Waals surface area contributed by atoms with E-state index in [4.69, 9.17) is 16.3 Å². The Bertz CT molecular complexity index is 1520. The average Bonchev–Trinajstić information content (AvgIpc) is 2.82. The monoisotopic (exact) mass is 497 g/mol. The van der Waals surface area contributed by atoms with Crippen molar-refractivity contribution < 1.29 is 18.1 Å². The zero-order valence-electron chi connectivity index (χ0n) is 18.3. The van der Waals surface area contributed by atoms with E-state index in [9.17, 15) is 18.5 Å². The van der Waals surface area contributed by atoms with Crippen LogP contribution < -0.4 is 9.46 Å². The molecule has 0 unspecified atom stereocenters. The highest BCUT2D eigenvalue weighted by atomic mass is 35.5. The molecular formula is C24H20ClN3O5S. The lowest BCUT2D eigenvalue weighted by atomic mass is 9.95. The summed E-state index contributed by atoms with van der Waals surface area (Å²) < 4.78 is 33.5. The first kappa shape index (κ1) is 23.6. The predicted octanol–water partition coefficient (Wildman–Crippen LogP) is 5.26. The molecule has 0 amide bonds. The van der Waals surface area contributed by atoms with Gasteiger partial charge in [0.15, 0.2) is 0 Å². The Morgan fingerprint density at radius 2 is 1.88 bits per heavy atom. The fraction of sp³-hybridized carbons (Fsp3) is 0.125. The molecule has 1 N–H and O–H groups in total. The SMILES string of the molecule is COc1ccc(-c2ccc(CNS(=O)(=O)c3ccc(Cl)c([N+](=O)[O-])c3)c3cnccc23)cc1C. The number of aromatic nitrogens is 1. The molecule has 0 aliphatic carbocycles. The van der Waals surface area contributed by atoms with Crippen LogP contribution >= 0.6 is 11.6 Å². The van der Waals surface area contributed by atoms with Crippen molar-refractivity contribution >= 4 is 38.1 Å². The van der Waals surface area contributed by atoms with Gasteiger partial charge in [-0.2, -0.15) is 0 Å². The van der Waals surface area contributed by atoms with E-state index < -0.39 is 20.6 Å². The highest BCUT2D eigenvalue weighted by Gasteiger charge is 2.21. The first-order chi connectivity index (χ1) is 16.2. The number of sulfonamides is 1. The molecule has 0 saturated carbocycles. The third kappa shape index (κ3) is 4.58. The van der Waals surface area contributed by atoms with Crippen LogP contribution in [0.5, 0.6) is 5.75 Å². The van der Waals surface area contributed by atoms with Gasteiger partial charge in [0.25, 0.3) is 5.69 Å². The number of hydrogen-bond donors (Lipinski definition) is 1. The normalized spacial score (nSPS) is 11.5. The smallest absolute Gasteiger partial charge is 0.289 e. The minimum atomic E-state index is -4.02. The minimum absolute atomic E-state index is 0.0249. The molecule has 10 heteroatoms. The summed E-state index contributed by atoms with van der Waals surface area (Å²) in [6, 6.07) is 14.9. The van der Waals surface area contributed by atoms with E-state index >= 15 is 0 Å². The molecule has 0 spiro atoms. The molecule has 0 aliphatic rings. The summed E-state index contributed by atoms with van der Waals surface area (Å²) in [7, 11) is -2.40. The summed E-state index contributed by atoms with van der Waals surface area (Å²) in [5.41, 5.74) is 3.21. The quantitative estimate of drug-likeness (QED) is 0.275. The number of nitrogens with zero attached hydrogens (tertiary/aromatic N) is 2. The molecule has 34 heavy (non-hydrogen) atoms. The molecule has 0 atom stereocenters. The molecule has 4 rings (SSSR count). The van der Waals surface area contributed by atoms with Crippen LogP contribution in [-0.4, -0.2) is 25.4 Å². The lowest BCUT2D eigenvalue weighted by Crippen LogP contribution is -2.23. The van der Waals surface area contributed by atoms with Gasteiger partial charge in [-0.3, -0.25) is 15.1 Å². The van der Waals surface area contributed by atoms with Crippen molar-refractivity contribution in [1.82, 2.24) is 9.71 Å². The van der Waals surface area contributed by atoms with E-state index in [0.29, 0.717) is 5.56 Å². The van der Waals surface area contributed by atoms with Gasteiger partial charge < -0.3 is 4.74 Å². The van der Waals surface area contributed by atoms with E-state index in [0.717, 1.165) is 39.3 Å². The fourth-order valence-electron chi connectivity index (χ4n) is 3.76. The number of nitro benzene ring substituents is 1. The van der Waals surface area contributed by atoms with Gasteiger partial charge in [0, 0.05) is 30.4 Å². The lowest BCUT2D eigenvalue weighted by molar-refractivity contribution is -0.384. The maximum atomic E-state index is 12.8. The summed E-state index contributed by atoms with van der Waals surface area (Å²) in [4.78, 5) is 14.4. The van der Waals surface area contributed by atoms with E-state index in [1.54, 1.807) is 19.5 Å². The number of pyridine rings is 1. The first-order valence-electron chi connectivity index (χ1n) is 10.2. The second-order valence-electron chi connectivity index (χ2n) is 7.57. The van der Waals surface area contributed by atoms with Crippen LogP contribution in [0.15, 0.2) is 71.9 Å². The van der Waals surface area contributed by atoms with Crippen LogP contribution in [0.1, 0.15) is 11.1 Å². The standard InChI is InChI=1S/C24H20ClN3O5S/c1-15-11-16(4-8-24(15)33-2)19-6-3-17(21-14-26-10-9-20(19)21)13-27-34(31,32)18-5-7-22(25)23(12-18)28(29)30/h3-12,14,27H,13H2,1-2H3. The van der Waals surface area contributed by atoms with E-state index in [2.05, 4.69) is 9.71 Å². The number of nitro groups is 1. The van der Waals surface area contributed by atoms with E-state index in [1.807, 2.05) is 43.3 Å². The molecule has 0 saturated heterocycles. The minimum Gasteiger partial charge on any atom is -0.496 e. The zero-order chi connectivity index (χ0) is 24.5. The predicted molar refractivity (Wildman–Crippen MR) is 131 cm³/mol. The summed E-state index contributed by atoms with van der Waals surface area (Å²) in [5.74, 6) is 0.795. The van der Waals surface area contributed by atoms with Gasteiger partial charge in [-0.1, -0.05) is 29.8 Å². The Morgan fingerprint density at radius 3 is 2.59 bits per heavy atom. The van der Waals surface area contributed by atoms with Gasteiger partial charge in [0.1, 0.15) is 10.8 Å². The summed E-state index contributed by atoms with van der Waals surface area (Å²) in [6.45, 7) is 1.94. The van der Waals surface area contributed by atoms with Gasteiger partial charge in [0.05, 0.1) is 16.9 Å². The van der Waals surface area contributed by atoms with Gasteiger partial charge in [-0.25, -0.2) is 13.1 Å². The van der Waals surface area contributed by atoms with Crippen molar-refractivity contribution in [3.05, 3.63) is 93.3 Å². The lowest BCUT2D eigenvalue weighted by Gasteiger charge is -2.14. The molecule has 0 fully saturated rings. The van der Waals surface area contributed by atoms with Crippen molar-refractivity contribution in [2.24, 2.45) is 0 Å². The van der Waals surface area contributed by atoms with Crippen molar-refractivity contribution in [2.75, 3.05) is 7.11 Å². The van der Waals surface area contributed by atoms with Gasteiger partial charge >= 0.3 is 0 Å². The van der Waals surface area contributed by atoms with Gasteiger partial charge in [-0.05, 0) is 64.9 Å². The topological polar surface area (TPSA) is 111 Å². The Morgan fingerprint density at radius 1 is 1.09 bits per heavy atom. The third-order valence-electron chi connectivity index (χ3n) is 5.49. The van der Waals surface area contributed by atoms with Crippen LogP contribution in [0.4, 0.5) is 5.69 Å². The van der Waals surface area contributed by atoms with Crippen molar-refractivity contribution in [3.8, 4) is 16.9 Å². The number of ether oxygens (including phenoxy) is 1. The first-order valence-corrected chi connectivity index (χ1v) is 12.0. The maximum Gasteiger partial charge on any atom is 0.289 e. The van der Waals surface area contributed by atoms with Crippen LogP contribution in [0.3, 0.4) is 0 Å². The molecule has 0 radical (unpaired) electrons. The molecular weight excluding hydrogens is 478 g/mol. The van der Waals surface area contributed by atoms with Crippen molar-refractivity contribution in [2.45, 2.75) is 18.4 Å². The molecule has 1 aromatic heterocycles. The van der Waals surface area contributed by atoms with Crippen molar-refractivity contribution in [1.29, 1.82) is 0 Å². The second kappa shape index (κ2) is 9.38. The molecule has 1 heterocycles. The highest BCUT2D eigenvalue weighted by Crippen LogP contribution is 2.33. The van der Waals surface area contributed by atoms with Gasteiger partial charge in [-0.15, -0.1) is 0 Å². The van der Waals surface area contributed by atoms with Crippen LogP contribution in [0.2, 0.25) is 5.02 Å². The Kier molecular flexibility index (Phi) is 6.52. The third-order valence-corrected chi connectivity index (χ3v) is 7.21. The number of methoxy groups -OCH3 is 1. The second-order valence-corrected chi connectivity index (χ2v) is 9.75. The molecule has 0 bridgehead atoms. The van der Waals surface area contributed by atoms with Crippen LogP contribution in [0, 0.1) is 17.0 Å². The number of halogens is 1. The Hall–Kier alpha value is -3.53. The van der Waals surface area contributed by atoms with Crippen LogP contribution in [-0.2, 0) is 16.6 Å². The molecule has 4 aromatic rings. The number of hydrogen-bond acceptors (Lipinski definition) is 6. The fourth-order valence-corrected chi connectivity index (χ4v) is 4.97. The zero-order valence-corrected chi connectivity index (χ0v) is 19.9. The number of nitrogens with one attached hydrogen (secondary N) is 1. The summed E-state index contributed by atoms with van der Waals surface area (Å²) >= 11 is 5.80. The molecule has 174 valence electrons. The highest BCUT2D eigenvalue weighted by molar-refractivity contribution is 7.89. The molecule has 8 nitrogen and oxygen atoms in total. The Balaban J connectivity index is 1.68. The van der Waals surface area contributed by atoms with E-state index in [1.165, 1.54) is 12.1 Å². The summed E-state index contributed by atoms with van der Waals surface area (Å²) in [6.07, 6.45) is 3.37. The average molecular weight is 498 g/mol. The number of rotatable bonds is 7. The molecule has 3 aromatic carbocycles. The van der Waals surface area contributed by atoms with Crippen LogP contribution in [0.25, 0.3) is 21.9 Å². The molecule has 0 aliphatic heterocycles. The van der Waals surface area contributed by atoms with Crippen molar-refractivity contribution in [3.63, 3.8) is 0 Å². The number of aryl methyl sites for hydroxylation is 1.